The van der Waals surface area contributed by atoms with Crippen molar-refractivity contribution in [3.63, 3.8) is 0 Å². The van der Waals surface area contributed by atoms with Crippen molar-refractivity contribution >= 4 is 28.2 Å². The third kappa shape index (κ3) is 3.35. The summed E-state index contributed by atoms with van der Waals surface area (Å²) in [6.45, 7) is 5.66. The summed E-state index contributed by atoms with van der Waals surface area (Å²) >= 11 is 1.35. The zero-order chi connectivity index (χ0) is 13.7. The molecule has 0 fully saturated rings. The molecule has 2 N–H and O–H groups in total. The molecule has 6 heteroatoms. The molecule has 0 aromatic carbocycles. The topological polar surface area (TPSA) is 62.5 Å². The Labute approximate surface area is 113 Å². The van der Waals surface area contributed by atoms with Gasteiger partial charge in [0.15, 0.2) is 5.13 Å². The number of amides is 1. The molecule has 1 amide bonds. The molecular weight excluding hydrogens is 248 g/mol. The van der Waals surface area contributed by atoms with Crippen LogP contribution in [0.1, 0.15) is 36.4 Å². The summed E-state index contributed by atoms with van der Waals surface area (Å²) in [5.74, 6) is 0.340. The molecule has 0 saturated carbocycles. The Balaban J connectivity index is 2.93. The fourth-order valence-electron chi connectivity index (χ4n) is 1.66. The molecule has 18 heavy (non-hydrogen) atoms. The van der Waals surface area contributed by atoms with E-state index in [0.717, 1.165) is 31.1 Å². The fourth-order valence-corrected chi connectivity index (χ4v) is 2.54. The second-order valence-corrected chi connectivity index (χ2v) is 5.37. The predicted molar refractivity (Wildman–Crippen MR) is 77.3 cm³/mol. The van der Waals surface area contributed by atoms with E-state index in [0.29, 0.717) is 10.7 Å². The summed E-state index contributed by atoms with van der Waals surface area (Å²) < 4.78 is 0. The smallest absolute Gasteiger partial charge is 0.267 e. The normalized spacial score (nSPS) is 10.4. The van der Waals surface area contributed by atoms with Crippen LogP contribution in [0.5, 0.6) is 0 Å². The number of nitrogens with zero attached hydrogens (tertiary/aromatic N) is 3. The van der Waals surface area contributed by atoms with Crippen LogP contribution >= 0.6 is 11.3 Å². The van der Waals surface area contributed by atoms with Crippen LogP contribution in [0.2, 0.25) is 0 Å². The molecular formula is C12H22N4OS. The summed E-state index contributed by atoms with van der Waals surface area (Å²) in [4.78, 5) is 20.9. The Kier molecular flexibility index (Phi) is 5.40. The number of hydrogen-bond acceptors (Lipinski definition) is 5. The maximum absolute atomic E-state index is 12.4. The van der Waals surface area contributed by atoms with Crippen LogP contribution in [0.25, 0.3) is 0 Å². The molecule has 0 aliphatic heterocycles. The molecule has 5 nitrogen and oxygen atoms in total. The van der Waals surface area contributed by atoms with Gasteiger partial charge in [0, 0.05) is 27.2 Å². The molecule has 0 aliphatic rings. The van der Waals surface area contributed by atoms with Gasteiger partial charge in [-0.1, -0.05) is 25.2 Å². The minimum Gasteiger partial charge on any atom is -0.382 e. The number of thiazole rings is 1. The van der Waals surface area contributed by atoms with Crippen LogP contribution in [0.4, 0.5) is 10.9 Å². The average Bonchev–Trinajstić information content (AvgIpc) is 2.70. The lowest BCUT2D eigenvalue weighted by molar-refractivity contribution is 0.0761. The van der Waals surface area contributed by atoms with Crippen LogP contribution in [-0.2, 0) is 0 Å². The van der Waals surface area contributed by atoms with E-state index in [2.05, 4.69) is 18.8 Å². The zero-order valence-electron chi connectivity index (χ0n) is 11.6. The van der Waals surface area contributed by atoms with Crippen molar-refractivity contribution in [1.82, 2.24) is 9.88 Å². The highest BCUT2D eigenvalue weighted by molar-refractivity contribution is 7.18. The van der Waals surface area contributed by atoms with Gasteiger partial charge >= 0.3 is 0 Å². The maximum Gasteiger partial charge on any atom is 0.267 e. The van der Waals surface area contributed by atoms with Crippen molar-refractivity contribution in [2.24, 2.45) is 0 Å². The van der Waals surface area contributed by atoms with Crippen molar-refractivity contribution in [1.29, 1.82) is 0 Å². The first-order valence-corrected chi connectivity index (χ1v) is 7.05. The highest BCUT2D eigenvalue weighted by Gasteiger charge is 2.21. The zero-order valence-corrected chi connectivity index (χ0v) is 12.4. The van der Waals surface area contributed by atoms with Gasteiger partial charge in [-0.3, -0.25) is 4.79 Å². The Morgan fingerprint density at radius 1 is 1.28 bits per heavy atom. The molecule has 0 spiro atoms. The number of aromatic nitrogens is 1. The van der Waals surface area contributed by atoms with Crippen molar-refractivity contribution in [2.45, 2.75) is 26.7 Å². The molecule has 0 atom stereocenters. The van der Waals surface area contributed by atoms with Gasteiger partial charge in [-0.15, -0.1) is 0 Å². The number of hydrogen-bond donors (Lipinski definition) is 1. The lowest BCUT2D eigenvalue weighted by atomic mass is 10.3. The third-order valence-corrected chi connectivity index (χ3v) is 3.72. The van der Waals surface area contributed by atoms with E-state index in [1.165, 1.54) is 11.3 Å². The lowest BCUT2D eigenvalue weighted by Gasteiger charge is -2.20. The summed E-state index contributed by atoms with van der Waals surface area (Å²) in [6.07, 6.45) is 1.90. The summed E-state index contributed by atoms with van der Waals surface area (Å²) in [5, 5.41) is 0.767. The third-order valence-electron chi connectivity index (χ3n) is 2.49. The summed E-state index contributed by atoms with van der Waals surface area (Å²) in [7, 11) is 3.78. The van der Waals surface area contributed by atoms with Gasteiger partial charge in [-0.2, -0.15) is 0 Å². The van der Waals surface area contributed by atoms with E-state index < -0.39 is 0 Å². The SMILES string of the molecule is CCCN(CCC)C(=O)c1sc(N(C)C)nc1N. The first kappa shape index (κ1) is 14.8. The van der Waals surface area contributed by atoms with Gasteiger partial charge in [-0.05, 0) is 12.8 Å². The number of rotatable bonds is 6. The standard InChI is InChI=1S/C12H22N4OS/c1-5-7-16(8-6-2)11(17)9-10(13)14-12(18-9)15(3)4/h5-8,13H2,1-4H3. The number of anilines is 2. The molecule has 1 aromatic heterocycles. The van der Waals surface area contributed by atoms with Crippen LogP contribution in [0, 0.1) is 0 Å². The lowest BCUT2D eigenvalue weighted by Crippen LogP contribution is -2.32. The van der Waals surface area contributed by atoms with E-state index in [9.17, 15) is 4.79 Å². The van der Waals surface area contributed by atoms with E-state index in [4.69, 9.17) is 5.73 Å². The minimum absolute atomic E-state index is 0.00167. The molecule has 0 unspecified atom stereocenters. The molecule has 1 aromatic rings. The summed E-state index contributed by atoms with van der Waals surface area (Å²) in [5.41, 5.74) is 5.84. The van der Waals surface area contributed by atoms with Crippen molar-refractivity contribution in [3.8, 4) is 0 Å². The predicted octanol–water partition coefficient (Wildman–Crippen LogP) is 2.05. The largest absolute Gasteiger partial charge is 0.382 e. The number of nitrogens with two attached hydrogens (primary N) is 1. The van der Waals surface area contributed by atoms with Crippen molar-refractivity contribution in [3.05, 3.63) is 4.88 Å². The second kappa shape index (κ2) is 6.58. The first-order chi connectivity index (χ1) is 8.51. The van der Waals surface area contributed by atoms with Gasteiger partial charge in [-0.25, -0.2) is 4.98 Å². The first-order valence-electron chi connectivity index (χ1n) is 6.24. The van der Waals surface area contributed by atoms with E-state index >= 15 is 0 Å². The Hall–Kier alpha value is -1.30. The Morgan fingerprint density at radius 3 is 2.22 bits per heavy atom. The number of carbonyl (C=O) groups is 1. The highest BCUT2D eigenvalue weighted by atomic mass is 32.1. The quantitative estimate of drug-likeness (QED) is 0.859. The van der Waals surface area contributed by atoms with Crippen molar-refractivity contribution < 1.29 is 4.79 Å². The Bertz CT molecular complexity index is 397. The van der Waals surface area contributed by atoms with E-state index in [1.54, 1.807) is 0 Å². The summed E-state index contributed by atoms with van der Waals surface area (Å²) in [6, 6.07) is 0. The minimum atomic E-state index is 0.00167. The average molecular weight is 270 g/mol. The monoisotopic (exact) mass is 270 g/mol. The van der Waals surface area contributed by atoms with Crippen LogP contribution in [0.3, 0.4) is 0 Å². The van der Waals surface area contributed by atoms with Gasteiger partial charge in [0.05, 0.1) is 0 Å². The van der Waals surface area contributed by atoms with Crippen molar-refractivity contribution in [2.75, 3.05) is 37.8 Å². The van der Waals surface area contributed by atoms with Gasteiger partial charge < -0.3 is 15.5 Å². The number of nitrogen functional groups attached to an aromatic ring is 1. The molecule has 0 radical (unpaired) electrons. The maximum atomic E-state index is 12.4. The fraction of sp³-hybridized carbons (Fsp3) is 0.667. The molecule has 0 saturated heterocycles. The van der Waals surface area contributed by atoms with E-state index in [1.807, 2.05) is 23.9 Å². The van der Waals surface area contributed by atoms with Gasteiger partial charge in [0.25, 0.3) is 5.91 Å². The van der Waals surface area contributed by atoms with Crippen LogP contribution < -0.4 is 10.6 Å². The number of carbonyl (C=O) groups excluding carboxylic acids is 1. The molecule has 0 bridgehead atoms. The van der Waals surface area contributed by atoms with Gasteiger partial charge in [0.2, 0.25) is 0 Å². The van der Waals surface area contributed by atoms with Crippen LogP contribution in [0.15, 0.2) is 0 Å². The molecule has 1 heterocycles. The molecule has 102 valence electrons. The van der Waals surface area contributed by atoms with E-state index in [-0.39, 0.29) is 5.91 Å². The highest BCUT2D eigenvalue weighted by Crippen LogP contribution is 2.28. The molecule has 0 aliphatic carbocycles. The molecule has 1 rings (SSSR count). The Morgan fingerprint density at radius 2 is 1.83 bits per heavy atom. The second-order valence-electron chi connectivity index (χ2n) is 4.40. The van der Waals surface area contributed by atoms with Gasteiger partial charge in [0.1, 0.15) is 10.7 Å². The van der Waals surface area contributed by atoms with Crippen LogP contribution in [-0.4, -0.2) is 43.0 Å².